The summed E-state index contributed by atoms with van der Waals surface area (Å²) in [5.41, 5.74) is 0.350. The number of carbonyl (C=O) groups is 1. The average Bonchev–Trinajstić information content (AvgIpc) is 2.78. The Hall–Kier alpha value is -0.910. The fourth-order valence-corrected chi connectivity index (χ4v) is 3.71. The molecule has 0 unspecified atom stereocenters. The van der Waals surface area contributed by atoms with Gasteiger partial charge in [-0.05, 0) is 41.9 Å². The number of amides is 1. The average molecular weight is 354 g/mol. The summed E-state index contributed by atoms with van der Waals surface area (Å²) < 4.78 is 12.7. The molecule has 3 atom stereocenters. The molecule has 0 N–H and O–H groups in total. The quantitative estimate of drug-likeness (QED) is 0.779. The van der Waals surface area contributed by atoms with Gasteiger partial charge >= 0.3 is 0 Å². The third-order valence-corrected chi connectivity index (χ3v) is 5.09. The first-order valence-corrected chi connectivity index (χ1v) is 8.14. The lowest BCUT2D eigenvalue weighted by molar-refractivity contribution is -0.160. The molecule has 2 aliphatic heterocycles. The van der Waals surface area contributed by atoms with Gasteiger partial charge in [0.25, 0.3) is 5.91 Å². The molecular formula is C16H20BrNO3. The van der Waals surface area contributed by atoms with Crippen molar-refractivity contribution in [2.45, 2.75) is 38.1 Å². The molecule has 0 bridgehead atoms. The molecule has 0 aromatic heterocycles. The highest BCUT2D eigenvalue weighted by Gasteiger charge is 2.48. The van der Waals surface area contributed by atoms with Gasteiger partial charge in [0.2, 0.25) is 0 Å². The maximum absolute atomic E-state index is 12.8. The van der Waals surface area contributed by atoms with Gasteiger partial charge in [-0.2, -0.15) is 0 Å². The van der Waals surface area contributed by atoms with Crippen LogP contribution < -0.4 is 0 Å². The minimum atomic E-state index is -0.353. The van der Waals surface area contributed by atoms with Crippen LogP contribution in [-0.2, 0) is 9.47 Å². The van der Waals surface area contributed by atoms with Gasteiger partial charge in [0.1, 0.15) is 5.60 Å². The number of halogens is 1. The first-order chi connectivity index (χ1) is 10.0. The predicted molar refractivity (Wildman–Crippen MR) is 83.4 cm³/mol. The maximum atomic E-state index is 12.8. The Morgan fingerprint density at radius 2 is 2.14 bits per heavy atom. The Morgan fingerprint density at radius 1 is 1.38 bits per heavy atom. The van der Waals surface area contributed by atoms with Crippen LogP contribution in [0.4, 0.5) is 0 Å². The summed E-state index contributed by atoms with van der Waals surface area (Å²) in [6.45, 7) is 5.97. The minimum Gasteiger partial charge on any atom is -0.375 e. The van der Waals surface area contributed by atoms with E-state index in [9.17, 15) is 4.79 Å². The summed E-state index contributed by atoms with van der Waals surface area (Å²) in [7, 11) is 0. The molecule has 5 heteroatoms. The molecule has 114 valence electrons. The van der Waals surface area contributed by atoms with Crippen LogP contribution >= 0.6 is 15.9 Å². The molecule has 1 aromatic carbocycles. The highest BCUT2D eigenvalue weighted by atomic mass is 79.9. The third kappa shape index (κ3) is 2.74. The summed E-state index contributed by atoms with van der Waals surface area (Å²) >= 11 is 3.46. The first kappa shape index (κ1) is 15.0. The van der Waals surface area contributed by atoms with Gasteiger partial charge in [-0.15, -0.1) is 0 Å². The molecule has 2 aliphatic rings. The van der Waals surface area contributed by atoms with Gasteiger partial charge < -0.3 is 14.4 Å². The molecule has 2 heterocycles. The minimum absolute atomic E-state index is 0.0225. The van der Waals surface area contributed by atoms with E-state index < -0.39 is 0 Å². The molecule has 3 rings (SSSR count). The SMILES string of the molecule is C[C@@H]1CN(C(=O)c2ccccc2Br)C[C@]2(CCO[C@@H]2C)O1. The summed E-state index contributed by atoms with van der Waals surface area (Å²) in [4.78, 5) is 14.7. The highest BCUT2D eigenvalue weighted by Crippen LogP contribution is 2.35. The lowest BCUT2D eigenvalue weighted by Crippen LogP contribution is -2.59. The lowest BCUT2D eigenvalue weighted by Gasteiger charge is -2.45. The second-order valence-electron chi connectivity index (χ2n) is 5.92. The number of hydrogen-bond acceptors (Lipinski definition) is 3. The van der Waals surface area contributed by atoms with Crippen molar-refractivity contribution in [3.05, 3.63) is 34.3 Å². The second kappa shape index (κ2) is 5.71. The number of hydrogen-bond donors (Lipinski definition) is 0. The van der Waals surface area contributed by atoms with Crippen LogP contribution in [0.3, 0.4) is 0 Å². The van der Waals surface area contributed by atoms with Crippen LogP contribution in [0.2, 0.25) is 0 Å². The van der Waals surface area contributed by atoms with Gasteiger partial charge in [0.05, 0.1) is 24.3 Å². The lowest BCUT2D eigenvalue weighted by atomic mass is 9.92. The van der Waals surface area contributed by atoms with E-state index in [1.54, 1.807) is 0 Å². The Labute approximate surface area is 133 Å². The monoisotopic (exact) mass is 353 g/mol. The smallest absolute Gasteiger partial charge is 0.255 e. The summed E-state index contributed by atoms with van der Waals surface area (Å²) in [6, 6.07) is 7.55. The Balaban J connectivity index is 1.85. The van der Waals surface area contributed by atoms with Crippen LogP contribution in [0.15, 0.2) is 28.7 Å². The topological polar surface area (TPSA) is 38.8 Å². The van der Waals surface area contributed by atoms with E-state index in [1.165, 1.54) is 0 Å². The Kier molecular flexibility index (Phi) is 4.08. The number of benzene rings is 1. The number of morpholine rings is 1. The predicted octanol–water partition coefficient (Wildman–Crippen LogP) is 2.86. The second-order valence-corrected chi connectivity index (χ2v) is 6.78. The fraction of sp³-hybridized carbons (Fsp3) is 0.562. The molecular weight excluding hydrogens is 334 g/mol. The molecule has 4 nitrogen and oxygen atoms in total. The van der Waals surface area contributed by atoms with Crippen LogP contribution in [0.25, 0.3) is 0 Å². The van der Waals surface area contributed by atoms with Gasteiger partial charge in [0, 0.05) is 24.0 Å². The van der Waals surface area contributed by atoms with E-state index in [0.717, 1.165) is 10.9 Å². The van der Waals surface area contributed by atoms with Crippen LogP contribution in [0.5, 0.6) is 0 Å². The Bertz CT molecular complexity index is 550. The van der Waals surface area contributed by atoms with E-state index in [0.29, 0.717) is 25.3 Å². The van der Waals surface area contributed by atoms with Crippen LogP contribution in [-0.4, -0.2) is 48.3 Å². The summed E-state index contributed by atoms with van der Waals surface area (Å²) in [5.74, 6) is 0.0519. The molecule has 0 saturated carbocycles. The van der Waals surface area contributed by atoms with Crippen molar-refractivity contribution in [1.82, 2.24) is 4.90 Å². The molecule has 0 aliphatic carbocycles. The van der Waals surface area contributed by atoms with Crippen molar-refractivity contribution in [1.29, 1.82) is 0 Å². The number of nitrogens with zero attached hydrogens (tertiary/aromatic N) is 1. The largest absolute Gasteiger partial charge is 0.375 e. The van der Waals surface area contributed by atoms with E-state index in [1.807, 2.05) is 43.0 Å². The van der Waals surface area contributed by atoms with Crippen molar-refractivity contribution in [3.8, 4) is 0 Å². The number of rotatable bonds is 1. The standard InChI is InChI=1S/C16H20BrNO3/c1-11-9-18(10-16(21-11)7-8-20-12(16)2)15(19)13-5-3-4-6-14(13)17/h3-6,11-12H,7-10H2,1-2H3/t11-,12-,16+/m1/s1. The number of carbonyl (C=O) groups excluding carboxylic acids is 1. The van der Waals surface area contributed by atoms with E-state index >= 15 is 0 Å². The van der Waals surface area contributed by atoms with Gasteiger partial charge in [-0.3, -0.25) is 4.79 Å². The number of ether oxygens (including phenoxy) is 2. The maximum Gasteiger partial charge on any atom is 0.255 e. The molecule has 2 saturated heterocycles. The Morgan fingerprint density at radius 3 is 2.81 bits per heavy atom. The first-order valence-electron chi connectivity index (χ1n) is 7.35. The van der Waals surface area contributed by atoms with Gasteiger partial charge in [-0.1, -0.05) is 12.1 Å². The van der Waals surface area contributed by atoms with Gasteiger partial charge in [0.15, 0.2) is 0 Å². The molecule has 1 amide bonds. The van der Waals surface area contributed by atoms with Crippen LogP contribution in [0.1, 0.15) is 30.6 Å². The summed E-state index contributed by atoms with van der Waals surface area (Å²) in [6.07, 6.45) is 0.891. The van der Waals surface area contributed by atoms with Crippen molar-refractivity contribution in [2.75, 3.05) is 19.7 Å². The highest BCUT2D eigenvalue weighted by molar-refractivity contribution is 9.10. The molecule has 21 heavy (non-hydrogen) atoms. The van der Waals surface area contributed by atoms with Crippen molar-refractivity contribution in [2.24, 2.45) is 0 Å². The molecule has 0 radical (unpaired) electrons. The zero-order valence-corrected chi connectivity index (χ0v) is 13.9. The third-order valence-electron chi connectivity index (χ3n) is 4.40. The van der Waals surface area contributed by atoms with Crippen molar-refractivity contribution < 1.29 is 14.3 Å². The van der Waals surface area contributed by atoms with Crippen LogP contribution in [0, 0.1) is 0 Å². The summed E-state index contributed by atoms with van der Waals surface area (Å²) in [5, 5.41) is 0. The molecule has 2 fully saturated rings. The van der Waals surface area contributed by atoms with Crippen molar-refractivity contribution in [3.63, 3.8) is 0 Å². The van der Waals surface area contributed by atoms with E-state index in [2.05, 4.69) is 15.9 Å². The normalized spacial score (nSPS) is 32.6. The van der Waals surface area contributed by atoms with Gasteiger partial charge in [-0.25, -0.2) is 0 Å². The fourth-order valence-electron chi connectivity index (χ4n) is 3.26. The zero-order chi connectivity index (χ0) is 15.0. The molecule has 1 aromatic rings. The van der Waals surface area contributed by atoms with E-state index in [4.69, 9.17) is 9.47 Å². The van der Waals surface area contributed by atoms with E-state index in [-0.39, 0.29) is 23.7 Å². The van der Waals surface area contributed by atoms with Crippen molar-refractivity contribution >= 4 is 21.8 Å². The molecule has 1 spiro atoms. The zero-order valence-electron chi connectivity index (χ0n) is 12.3.